The molecule has 0 saturated carbocycles. The molecule has 4 nitrogen and oxygen atoms in total. The Kier molecular flexibility index (Phi) is 7.25. The Morgan fingerprint density at radius 2 is 2.07 bits per heavy atom. The maximum Gasteiger partial charge on any atom is 0.248 e. The van der Waals surface area contributed by atoms with Gasteiger partial charge in [0.1, 0.15) is 12.8 Å². The van der Waals surface area contributed by atoms with Crippen molar-refractivity contribution in [2.45, 2.75) is 39.0 Å². The first kappa shape index (κ1) is 14.3. The number of aliphatic hydroxyl groups excluding tert-OH is 2. The Bertz CT molecular complexity index is 190. The first-order valence-electron chi connectivity index (χ1n) is 5.27. The van der Waals surface area contributed by atoms with Crippen molar-refractivity contribution in [3.8, 4) is 0 Å². The Balaban J connectivity index is 0.000000583. The van der Waals surface area contributed by atoms with Gasteiger partial charge in [-0.1, -0.05) is 20.3 Å². The average Bonchev–Trinajstić information content (AvgIpc) is 2.22. The van der Waals surface area contributed by atoms with Crippen LogP contribution in [0.2, 0.25) is 0 Å². The Morgan fingerprint density at radius 3 is 2.47 bits per heavy atom. The number of nitrogens with zero attached hydrogens (tertiary/aromatic N) is 1. The van der Waals surface area contributed by atoms with Gasteiger partial charge in [0.2, 0.25) is 5.91 Å². The largest absolute Gasteiger partial charge is 0.390 e. The third-order valence-corrected chi connectivity index (χ3v) is 2.00. The van der Waals surface area contributed by atoms with Crippen LogP contribution in [0.5, 0.6) is 0 Å². The van der Waals surface area contributed by atoms with Gasteiger partial charge < -0.3 is 15.1 Å². The summed E-state index contributed by atoms with van der Waals surface area (Å²) in [5.74, 6) is -0.482. The summed E-state index contributed by atoms with van der Waals surface area (Å²) in [6, 6.07) is 0. The topological polar surface area (TPSA) is 60.8 Å². The zero-order chi connectivity index (χ0) is 11.8. The van der Waals surface area contributed by atoms with Gasteiger partial charge in [-0.25, -0.2) is 4.39 Å². The zero-order valence-corrected chi connectivity index (χ0v) is 9.32. The lowest BCUT2D eigenvalue weighted by Gasteiger charge is -2.31. The lowest BCUT2D eigenvalue weighted by atomic mass is 10.1. The van der Waals surface area contributed by atoms with E-state index in [1.54, 1.807) is 0 Å². The molecule has 1 rings (SSSR count). The van der Waals surface area contributed by atoms with Crippen LogP contribution in [0.25, 0.3) is 0 Å². The molecule has 1 saturated heterocycles. The van der Waals surface area contributed by atoms with Gasteiger partial charge in [-0.05, 0) is 6.42 Å². The van der Waals surface area contributed by atoms with E-state index in [0.717, 1.165) is 0 Å². The van der Waals surface area contributed by atoms with Crippen LogP contribution in [-0.4, -0.2) is 53.0 Å². The minimum Gasteiger partial charge on any atom is -0.390 e. The molecule has 0 radical (unpaired) electrons. The number of likely N-dealkylation sites (tertiary alicyclic amines) is 1. The molecule has 1 fully saturated rings. The van der Waals surface area contributed by atoms with Crippen molar-refractivity contribution >= 4 is 5.91 Å². The zero-order valence-electron chi connectivity index (χ0n) is 9.32. The van der Waals surface area contributed by atoms with Gasteiger partial charge in [0.05, 0.1) is 12.6 Å². The molecule has 0 aromatic heterocycles. The van der Waals surface area contributed by atoms with Crippen LogP contribution in [-0.2, 0) is 4.79 Å². The van der Waals surface area contributed by atoms with Crippen LogP contribution in [0, 0.1) is 0 Å². The van der Waals surface area contributed by atoms with Crippen molar-refractivity contribution in [1.29, 1.82) is 0 Å². The second-order valence-electron chi connectivity index (χ2n) is 3.58. The monoisotopic (exact) mass is 221 g/mol. The molecule has 2 atom stereocenters. The Morgan fingerprint density at radius 1 is 1.53 bits per heavy atom. The number of carbonyl (C=O) groups is 1. The second-order valence-corrected chi connectivity index (χ2v) is 3.58. The molecular weight excluding hydrogens is 201 g/mol. The molecule has 1 heterocycles. The predicted octanol–water partition coefficient (Wildman–Crippen LogP) is 0.326. The van der Waals surface area contributed by atoms with E-state index in [1.807, 2.05) is 0 Å². The third-order valence-electron chi connectivity index (χ3n) is 2.00. The molecule has 0 aromatic rings. The predicted molar refractivity (Wildman–Crippen MR) is 55.2 cm³/mol. The van der Waals surface area contributed by atoms with Crippen molar-refractivity contribution in [2.24, 2.45) is 0 Å². The standard InChI is InChI=1S/C7H12FNO3.C3H8/c8-5-3-9(7(12)4-10)2-1-6(5)11;1-3-2/h5-6,10-11H,1-4H2;3H2,1-2H3/t5-,6+;/m1./s1. The number of halogens is 1. The van der Waals surface area contributed by atoms with Crippen molar-refractivity contribution in [3.05, 3.63) is 0 Å². The number of hydrogen-bond acceptors (Lipinski definition) is 3. The highest BCUT2D eigenvalue weighted by atomic mass is 19.1. The van der Waals surface area contributed by atoms with Gasteiger partial charge in [-0.3, -0.25) is 4.79 Å². The fraction of sp³-hybridized carbons (Fsp3) is 0.900. The van der Waals surface area contributed by atoms with Crippen LogP contribution in [0.4, 0.5) is 4.39 Å². The van der Waals surface area contributed by atoms with Gasteiger partial charge in [-0.15, -0.1) is 0 Å². The SMILES string of the molecule is CCC.O=C(CO)N1CC[C@H](O)[C@H](F)C1. The van der Waals surface area contributed by atoms with Crippen LogP contribution < -0.4 is 0 Å². The van der Waals surface area contributed by atoms with Gasteiger partial charge in [-0.2, -0.15) is 0 Å². The summed E-state index contributed by atoms with van der Waals surface area (Å²) < 4.78 is 12.8. The van der Waals surface area contributed by atoms with E-state index in [2.05, 4.69) is 13.8 Å². The summed E-state index contributed by atoms with van der Waals surface area (Å²) in [6.07, 6.45) is -0.852. The molecule has 0 spiro atoms. The molecule has 0 bridgehead atoms. The molecule has 0 aliphatic carbocycles. The Hall–Kier alpha value is -0.680. The molecule has 15 heavy (non-hydrogen) atoms. The van der Waals surface area contributed by atoms with Crippen molar-refractivity contribution < 1.29 is 19.4 Å². The van der Waals surface area contributed by atoms with E-state index in [0.29, 0.717) is 6.54 Å². The van der Waals surface area contributed by atoms with E-state index >= 15 is 0 Å². The summed E-state index contributed by atoms with van der Waals surface area (Å²) in [4.78, 5) is 12.1. The van der Waals surface area contributed by atoms with Crippen LogP contribution in [0.15, 0.2) is 0 Å². The molecule has 5 heteroatoms. The minimum absolute atomic E-state index is 0.111. The molecular formula is C10H20FNO3. The molecule has 90 valence electrons. The maximum absolute atomic E-state index is 12.8. The molecule has 0 unspecified atom stereocenters. The first-order chi connectivity index (χ1) is 7.06. The summed E-state index contributed by atoms with van der Waals surface area (Å²) >= 11 is 0. The molecule has 2 N–H and O–H groups in total. The van der Waals surface area contributed by atoms with E-state index in [1.165, 1.54) is 11.3 Å². The van der Waals surface area contributed by atoms with Crippen LogP contribution >= 0.6 is 0 Å². The summed E-state index contributed by atoms with van der Waals surface area (Å²) in [5, 5.41) is 17.4. The molecule has 1 aliphatic heterocycles. The van der Waals surface area contributed by atoms with E-state index in [9.17, 15) is 9.18 Å². The van der Waals surface area contributed by atoms with Gasteiger partial charge in [0, 0.05) is 6.54 Å². The smallest absolute Gasteiger partial charge is 0.248 e. The highest BCUT2D eigenvalue weighted by Crippen LogP contribution is 2.13. The summed E-state index contributed by atoms with van der Waals surface area (Å²) in [6.45, 7) is 3.87. The van der Waals surface area contributed by atoms with Crippen molar-refractivity contribution in [2.75, 3.05) is 19.7 Å². The van der Waals surface area contributed by atoms with E-state index in [-0.39, 0.29) is 13.0 Å². The van der Waals surface area contributed by atoms with E-state index in [4.69, 9.17) is 10.2 Å². The second kappa shape index (κ2) is 7.59. The van der Waals surface area contributed by atoms with Crippen molar-refractivity contribution in [1.82, 2.24) is 4.90 Å². The third kappa shape index (κ3) is 5.09. The highest BCUT2D eigenvalue weighted by Gasteiger charge is 2.29. The van der Waals surface area contributed by atoms with Gasteiger partial charge in [0.25, 0.3) is 0 Å². The fourth-order valence-corrected chi connectivity index (χ4v) is 1.22. The number of hydrogen-bond donors (Lipinski definition) is 2. The highest BCUT2D eigenvalue weighted by molar-refractivity contribution is 5.77. The number of carbonyl (C=O) groups excluding carboxylic acids is 1. The average molecular weight is 221 g/mol. The quantitative estimate of drug-likeness (QED) is 0.670. The van der Waals surface area contributed by atoms with Crippen LogP contribution in [0.1, 0.15) is 26.7 Å². The lowest BCUT2D eigenvalue weighted by molar-refractivity contribution is -0.138. The number of piperidine rings is 1. The summed E-state index contributed by atoms with van der Waals surface area (Å²) in [7, 11) is 0. The lowest BCUT2D eigenvalue weighted by Crippen LogP contribution is -2.48. The molecule has 1 aliphatic rings. The van der Waals surface area contributed by atoms with Crippen molar-refractivity contribution in [3.63, 3.8) is 0 Å². The summed E-state index contributed by atoms with van der Waals surface area (Å²) in [5.41, 5.74) is 0. The molecule has 1 amide bonds. The van der Waals surface area contributed by atoms with E-state index < -0.39 is 24.8 Å². The van der Waals surface area contributed by atoms with Gasteiger partial charge >= 0.3 is 0 Å². The fourth-order valence-electron chi connectivity index (χ4n) is 1.22. The maximum atomic E-state index is 12.8. The minimum atomic E-state index is -1.38. The first-order valence-corrected chi connectivity index (χ1v) is 5.27. The molecule has 0 aromatic carbocycles. The number of amides is 1. The Labute approximate surface area is 89.7 Å². The number of alkyl halides is 1. The number of aliphatic hydroxyl groups is 2. The van der Waals surface area contributed by atoms with Crippen LogP contribution in [0.3, 0.4) is 0 Å². The normalized spacial score (nSPS) is 25.5. The number of rotatable bonds is 1. The van der Waals surface area contributed by atoms with Gasteiger partial charge in [0.15, 0.2) is 0 Å².